The van der Waals surface area contributed by atoms with E-state index in [9.17, 15) is 5.26 Å². The summed E-state index contributed by atoms with van der Waals surface area (Å²) in [6.45, 7) is 7.81. The van der Waals surface area contributed by atoms with E-state index in [1.807, 2.05) is 48.5 Å². The number of nitriles is 1. The summed E-state index contributed by atoms with van der Waals surface area (Å²) in [4.78, 5) is 8.55. The molecular weight excluding hydrogens is 310 g/mol. The second kappa shape index (κ2) is 6.07. The molecule has 1 aliphatic rings. The molecule has 0 aliphatic carbocycles. The summed E-state index contributed by atoms with van der Waals surface area (Å²) in [7, 11) is 0. The minimum Gasteiger partial charge on any atom is -0.306 e. The molecule has 1 aliphatic heterocycles. The molecule has 5 nitrogen and oxygen atoms in total. The highest BCUT2D eigenvalue weighted by Crippen LogP contribution is 2.41. The second-order valence-electron chi connectivity index (χ2n) is 5.79. The normalized spacial score (nSPS) is 18.6. The number of aromatic nitrogens is 2. The number of aliphatic imine (C=N–C) groups is 1. The maximum atomic E-state index is 9.51. The van der Waals surface area contributed by atoms with Gasteiger partial charge in [0.2, 0.25) is 0 Å². The SMILES string of the molecule is [C-]#[N+]C1C(c2ccccc2)=Nc2[nH]ncc2C1c1ccccc1C#N. The van der Waals surface area contributed by atoms with Crippen LogP contribution in [0.15, 0.2) is 65.8 Å². The molecule has 2 aromatic carbocycles. The first-order chi connectivity index (χ1) is 12.3. The van der Waals surface area contributed by atoms with Crippen LogP contribution < -0.4 is 0 Å². The zero-order valence-electron chi connectivity index (χ0n) is 13.2. The Bertz CT molecular complexity index is 1030. The maximum Gasteiger partial charge on any atom is 0.276 e. The molecule has 25 heavy (non-hydrogen) atoms. The van der Waals surface area contributed by atoms with Gasteiger partial charge in [0.05, 0.1) is 23.7 Å². The minimum absolute atomic E-state index is 0.283. The molecule has 2 unspecified atom stereocenters. The molecule has 118 valence electrons. The highest BCUT2D eigenvalue weighted by molar-refractivity contribution is 6.08. The van der Waals surface area contributed by atoms with Crippen LogP contribution in [0.25, 0.3) is 4.85 Å². The van der Waals surface area contributed by atoms with Crippen LogP contribution in [0, 0.1) is 17.9 Å². The van der Waals surface area contributed by atoms with Gasteiger partial charge in [-0.2, -0.15) is 10.4 Å². The lowest BCUT2D eigenvalue weighted by atomic mass is 9.79. The Morgan fingerprint density at radius 3 is 2.56 bits per heavy atom. The van der Waals surface area contributed by atoms with E-state index >= 15 is 0 Å². The van der Waals surface area contributed by atoms with Crippen LogP contribution in [0.5, 0.6) is 0 Å². The van der Waals surface area contributed by atoms with Gasteiger partial charge < -0.3 is 4.85 Å². The van der Waals surface area contributed by atoms with Crippen LogP contribution in [0.4, 0.5) is 5.82 Å². The van der Waals surface area contributed by atoms with Crippen LogP contribution in [0.1, 0.15) is 28.2 Å². The first-order valence-electron chi connectivity index (χ1n) is 7.86. The van der Waals surface area contributed by atoms with Gasteiger partial charge in [-0.3, -0.25) is 5.10 Å². The van der Waals surface area contributed by atoms with Gasteiger partial charge in [0.1, 0.15) is 5.71 Å². The molecule has 0 amide bonds. The molecule has 0 bridgehead atoms. The van der Waals surface area contributed by atoms with Gasteiger partial charge in [-0.1, -0.05) is 48.5 Å². The Kier molecular flexibility index (Phi) is 3.61. The standard InChI is InChI=1S/C20H13N5/c1-22-19-17(15-10-6-5-9-14(15)11-21)16-12-23-25-20(16)24-18(19)13-7-3-2-4-8-13/h2-10,12,17,19H,(H,23,25). The van der Waals surface area contributed by atoms with Crippen LogP contribution >= 0.6 is 0 Å². The molecule has 5 heteroatoms. The average molecular weight is 323 g/mol. The quantitative estimate of drug-likeness (QED) is 0.728. The van der Waals surface area contributed by atoms with Crippen molar-refractivity contribution in [1.82, 2.24) is 10.2 Å². The van der Waals surface area contributed by atoms with Crippen molar-refractivity contribution < 1.29 is 0 Å². The smallest absolute Gasteiger partial charge is 0.276 e. The first kappa shape index (κ1) is 14.9. The van der Waals surface area contributed by atoms with Crippen LogP contribution in [0.2, 0.25) is 0 Å². The van der Waals surface area contributed by atoms with Gasteiger partial charge in [0, 0.05) is 11.1 Å². The number of hydrogen-bond donors (Lipinski definition) is 1. The lowest BCUT2D eigenvalue weighted by Gasteiger charge is -2.24. The second-order valence-corrected chi connectivity index (χ2v) is 5.79. The van der Waals surface area contributed by atoms with E-state index in [-0.39, 0.29) is 5.92 Å². The van der Waals surface area contributed by atoms with Crippen molar-refractivity contribution in [1.29, 1.82) is 5.26 Å². The Morgan fingerprint density at radius 2 is 1.80 bits per heavy atom. The van der Waals surface area contributed by atoms with E-state index in [1.54, 1.807) is 12.3 Å². The molecule has 0 radical (unpaired) electrons. The molecule has 0 fully saturated rings. The summed E-state index contributed by atoms with van der Waals surface area (Å²) in [6, 6.07) is 18.8. The first-order valence-corrected chi connectivity index (χ1v) is 7.86. The summed E-state index contributed by atoms with van der Waals surface area (Å²) in [6.07, 6.45) is 1.71. The van der Waals surface area contributed by atoms with E-state index in [4.69, 9.17) is 6.57 Å². The molecule has 0 saturated carbocycles. The third-order valence-electron chi connectivity index (χ3n) is 4.44. The molecule has 0 spiro atoms. The van der Waals surface area contributed by atoms with Crippen LogP contribution in [-0.4, -0.2) is 22.0 Å². The molecule has 3 aromatic rings. The molecule has 4 rings (SSSR count). The Hall–Kier alpha value is -3.70. The summed E-state index contributed by atoms with van der Waals surface area (Å²) in [5.74, 6) is 0.367. The van der Waals surface area contributed by atoms with Gasteiger partial charge in [-0.05, 0) is 11.6 Å². The largest absolute Gasteiger partial charge is 0.306 e. The van der Waals surface area contributed by atoms with E-state index < -0.39 is 6.04 Å². The zero-order valence-corrected chi connectivity index (χ0v) is 13.2. The number of nitrogens with one attached hydrogen (secondary N) is 1. The van der Waals surface area contributed by atoms with Crippen molar-refractivity contribution in [2.45, 2.75) is 12.0 Å². The molecule has 2 heterocycles. The molecule has 1 N–H and O–H groups in total. The maximum absolute atomic E-state index is 9.51. The van der Waals surface area contributed by atoms with Gasteiger partial charge in [-0.25, -0.2) is 11.6 Å². The van der Waals surface area contributed by atoms with Crippen LogP contribution in [0.3, 0.4) is 0 Å². The van der Waals surface area contributed by atoms with Crippen molar-refractivity contribution >= 4 is 11.5 Å². The van der Waals surface area contributed by atoms with Crippen molar-refractivity contribution in [3.63, 3.8) is 0 Å². The van der Waals surface area contributed by atoms with Crippen molar-refractivity contribution in [3.05, 3.63) is 94.5 Å². The van der Waals surface area contributed by atoms with E-state index in [0.29, 0.717) is 17.1 Å². The molecular formula is C20H13N5. The fourth-order valence-electron chi connectivity index (χ4n) is 3.31. The van der Waals surface area contributed by atoms with Gasteiger partial charge in [-0.15, -0.1) is 0 Å². The van der Waals surface area contributed by atoms with E-state index in [0.717, 1.165) is 16.7 Å². The lowest BCUT2D eigenvalue weighted by molar-refractivity contribution is 0.791. The van der Waals surface area contributed by atoms with Crippen LogP contribution in [-0.2, 0) is 0 Å². The highest BCUT2D eigenvalue weighted by atomic mass is 15.2. The minimum atomic E-state index is -0.512. The topological polar surface area (TPSA) is 69.2 Å². The molecule has 2 atom stereocenters. The molecule has 1 aromatic heterocycles. The summed E-state index contributed by atoms with van der Waals surface area (Å²) < 4.78 is 0. The number of rotatable bonds is 2. The number of hydrogen-bond acceptors (Lipinski definition) is 3. The fraction of sp³-hybridized carbons (Fsp3) is 0.100. The van der Waals surface area contributed by atoms with Gasteiger partial charge >= 0.3 is 0 Å². The van der Waals surface area contributed by atoms with Crippen molar-refractivity contribution in [2.75, 3.05) is 0 Å². The fourth-order valence-corrected chi connectivity index (χ4v) is 3.31. The number of nitrogens with zero attached hydrogens (tertiary/aromatic N) is 4. The Morgan fingerprint density at radius 1 is 1.04 bits per heavy atom. The molecule has 0 saturated heterocycles. The number of H-pyrrole nitrogens is 1. The lowest BCUT2D eigenvalue weighted by Crippen LogP contribution is -2.30. The summed E-state index contributed by atoms with van der Waals surface area (Å²) >= 11 is 0. The number of aromatic amines is 1. The van der Waals surface area contributed by atoms with Gasteiger partial charge in [0.25, 0.3) is 6.04 Å². The third-order valence-corrected chi connectivity index (χ3v) is 4.44. The van der Waals surface area contributed by atoms with E-state index in [1.165, 1.54) is 0 Å². The average Bonchev–Trinajstić information content (AvgIpc) is 3.15. The zero-order chi connectivity index (χ0) is 17.2. The number of fused-ring (bicyclic) bond motifs is 1. The Balaban J connectivity index is 1.95. The summed E-state index contributed by atoms with van der Waals surface area (Å²) in [5.41, 5.74) is 3.86. The predicted octanol–water partition coefficient (Wildman–Crippen LogP) is 3.84. The number of benzene rings is 2. The van der Waals surface area contributed by atoms with E-state index in [2.05, 4.69) is 26.1 Å². The predicted molar refractivity (Wildman–Crippen MR) is 94.6 cm³/mol. The Labute approximate surface area is 145 Å². The van der Waals surface area contributed by atoms with Crippen molar-refractivity contribution in [2.24, 2.45) is 4.99 Å². The van der Waals surface area contributed by atoms with Gasteiger partial charge in [0.15, 0.2) is 5.82 Å². The summed E-state index contributed by atoms with van der Waals surface area (Å²) in [5, 5.41) is 16.5. The monoisotopic (exact) mass is 323 g/mol. The third kappa shape index (κ3) is 2.39. The highest BCUT2D eigenvalue weighted by Gasteiger charge is 2.41. The van der Waals surface area contributed by atoms with Crippen molar-refractivity contribution in [3.8, 4) is 6.07 Å².